The number of thiocarbonyl (C=S) groups is 1. The predicted molar refractivity (Wildman–Crippen MR) is 150 cm³/mol. The summed E-state index contributed by atoms with van der Waals surface area (Å²) < 4.78 is 33.9. The summed E-state index contributed by atoms with van der Waals surface area (Å²) >= 11 is 5.85. The summed E-state index contributed by atoms with van der Waals surface area (Å²) in [4.78, 5) is 6.66. The Labute approximate surface area is 222 Å². The molecule has 0 bridgehead atoms. The fourth-order valence-corrected chi connectivity index (χ4v) is 5.54. The van der Waals surface area contributed by atoms with Gasteiger partial charge < -0.3 is 19.5 Å². The lowest BCUT2D eigenvalue weighted by Gasteiger charge is -2.29. The number of hydrogen-bond donors (Lipinski definition) is 2. The Balaban J connectivity index is 1.64. The van der Waals surface area contributed by atoms with Crippen LogP contribution in [0.4, 0.5) is 11.4 Å². The smallest absolute Gasteiger partial charge is 0.229 e. The van der Waals surface area contributed by atoms with E-state index < -0.39 is 10.0 Å². The molecule has 1 aliphatic rings. The van der Waals surface area contributed by atoms with Gasteiger partial charge in [0.05, 0.1) is 30.8 Å². The van der Waals surface area contributed by atoms with Crippen LogP contribution in [0.5, 0.6) is 5.75 Å². The fraction of sp³-hybridized carbons (Fsp3) is 0.185. The largest absolute Gasteiger partial charge is 0.494 e. The lowest BCUT2D eigenvalue weighted by atomic mass is 10.0. The fourth-order valence-electron chi connectivity index (χ4n) is 4.62. The Hall–Kier alpha value is -3.89. The maximum absolute atomic E-state index is 11.8. The van der Waals surface area contributed by atoms with Crippen molar-refractivity contribution in [3.63, 3.8) is 0 Å². The highest BCUT2D eigenvalue weighted by Gasteiger charge is 2.42. The van der Waals surface area contributed by atoms with E-state index in [9.17, 15) is 8.42 Å². The molecule has 2 N–H and O–H groups in total. The van der Waals surface area contributed by atoms with Gasteiger partial charge >= 0.3 is 0 Å². The molecular formula is C27H27N5O3S2. The van der Waals surface area contributed by atoms with Gasteiger partial charge in [0.15, 0.2) is 5.11 Å². The predicted octanol–water partition coefficient (Wildman–Crippen LogP) is 4.74. The van der Waals surface area contributed by atoms with Gasteiger partial charge in [-0.15, -0.1) is 0 Å². The molecule has 2 unspecified atom stereocenters. The second-order valence-corrected chi connectivity index (χ2v) is 11.0. The molecule has 2 atom stereocenters. The van der Waals surface area contributed by atoms with Gasteiger partial charge in [-0.25, -0.2) is 8.42 Å². The second kappa shape index (κ2) is 9.87. The number of anilines is 2. The minimum atomic E-state index is -3.48. The van der Waals surface area contributed by atoms with E-state index in [2.05, 4.69) is 56.8 Å². The number of rotatable bonds is 7. The third-order valence-electron chi connectivity index (χ3n) is 6.25. The van der Waals surface area contributed by atoms with Gasteiger partial charge in [0, 0.05) is 35.5 Å². The third kappa shape index (κ3) is 5.03. The molecule has 1 aliphatic heterocycles. The molecule has 1 saturated heterocycles. The van der Waals surface area contributed by atoms with E-state index in [0.29, 0.717) is 16.5 Å². The number of methoxy groups -OCH3 is 1. The van der Waals surface area contributed by atoms with E-state index in [4.69, 9.17) is 17.0 Å². The Kier molecular flexibility index (Phi) is 6.61. The number of nitrogens with one attached hydrogen (secondary N) is 2. The van der Waals surface area contributed by atoms with Crippen LogP contribution in [-0.4, -0.2) is 36.4 Å². The average molecular weight is 534 g/mol. The van der Waals surface area contributed by atoms with Crippen LogP contribution in [0.2, 0.25) is 0 Å². The van der Waals surface area contributed by atoms with Crippen LogP contribution in [0.15, 0.2) is 85.2 Å². The van der Waals surface area contributed by atoms with Crippen molar-refractivity contribution in [3.8, 4) is 11.4 Å². The minimum absolute atomic E-state index is 0.229. The number of sulfonamides is 1. The van der Waals surface area contributed by atoms with Gasteiger partial charge in [-0.2, -0.15) is 0 Å². The number of ether oxygens (including phenoxy) is 1. The van der Waals surface area contributed by atoms with E-state index in [1.54, 1.807) is 18.3 Å². The molecule has 1 fully saturated rings. The van der Waals surface area contributed by atoms with Crippen molar-refractivity contribution in [2.45, 2.75) is 19.0 Å². The molecule has 0 spiro atoms. The first-order valence-corrected chi connectivity index (χ1v) is 14.0. The molecule has 5 rings (SSSR count). The Morgan fingerprint density at radius 2 is 1.78 bits per heavy atom. The SMILES string of the molecule is COc1cc(N2C(=S)NC(c3ccccn3)C2c2cccn2-c2ccc(C)cc2)ccc1NS(C)(=O)=O. The zero-order chi connectivity index (χ0) is 26.2. The van der Waals surface area contributed by atoms with Crippen molar-refractivity contribution in [2.24, 2.45) is 0 Å². The van der Waals surface area contributed by atoms with Gasteiger partial charge in [-0.1, -0.05) is 23.8 Å². The molecule has 190 valence electrons. The van der Waals surface area contributed by atoms with Crippen LogP contribution in [0.25, 0.3) is 5.69 Å². The molecule has 10 heteroatoms. The summed E-state index contributed by atoms with van der Waals surface area (Å²) in [5.41, 5.74) is 5.21. The highest BCUT2D eigenvalue weighted by molar-refractivity contribution is 7.92. The van der Waals surface area contributed by atoms with Crippen LogP contribution in [0.1, 0.15) is 29.0 Å². The van der Waals surface area contributed by atoms with Crippen molar-refractivity contribution in [1.82, 2.24) is 14.9 Å². The van der Waals surface area contributed by atoms with Crippen molar-refractivity contribution >= 4 is 38.7 Å². The van der Waals surface area contributed by atoms with Crippen LogP contribution in [0.3, 0.4) is 0 Å². The van der Waals surface area contributed by atoms with Crippen molar-refractivity contribution in [2.75, 3.05) is 23.0 Å². The molecule has 3 heterocycles. The first-order chi connectivity index (χ1) is 17.7. The Morgan fingerprint density at radius 3 is 2.46 bits per heavy atom. The minimum Gasteiger partial charge on any atom is -0.494 e. The molecule has 0 saturated carbocycles. The quantitative estimate of drug-likeness (QED) is 0.332. The van der Waals surface area contributed by atoms with Gasteiger partial charge in [-0.3, -0.25) is 9.71 Å². The summed E-state index contributed by atoms with van der Waals surface area (Å²) in [5.74, 6) is 0.389. The third-order valence-corrected chi connectivity index (χ3v) is 7.16. The topological polar surface area (TPSA) is 88.5 Å². The van der Waals surface area contributed by atoms with Gasteiger partial charge in [0.2, 0.25) is 10.0 Å². The summed E-state index contributed by atoms with van der Waals surface area (Å²) in [6.45, 7) is 2.06. The summed E-state index contributed by atoms with van der Waals surface area (Å²) in [5, 5.41) is 4.00. The standard InChI is InChI=1S/C27H27N5O3S2/c1-18-9-11-19(12-10-18)31-16-6-8-23(31)26-25(22-7-4-5-15-28-22)29-27(36)32(26)20-13-14-21(24(17-20)35-2)30-37(3,33)34/h4-17,25-26,30H,1-3H3,(H,29,36). The zero-order valence-corrected chi connectivity index (χ0v) is 22.3. The monoisotopic (exact) mass is 533 g/mol. The first kappa shape index (κ1) is 24.8. The van der Waals surface area contributed by atoms with Crippen LogP contribution in [0, 0.1) is 6.92 Å². The Bertz CT molecular complexity index is 1540. The van der Waals surface area contributed by atoms with Crippen LogP contribution < -0.4 is 19.7 Å². The van der Waals surface area contributed by atoms with Gasteiger partial charge in [-0.05, 0) is 67.7 Å². The average Bonchev–Trinajstić information content (AvgIpc) is 3.49. The first-order valence-electron chi connectivity index (χ1n) is 11.7. The molecule has 4 aromatic rings. The van der Waals surface area contributed by atoms with Gasteiger partial charge in [0.1, 0.15) is 11.8 Å². The molecular weight excluding hydrogens is 506 g/mol. The number of hydrogen-bond acceptors (Lipinski definition) is 5. The number of aromatic nitrogens is 2. The van der Waals surface area contributed by atoms with Crippen LogP contribution in [-0.2, 0) is 10.0 Å². The lowest BCUT2D eigenvalue weighted by molar-refractivity contribution is 0.417. The molecule has 2 aromatic heterocycles. The van der Waals surface area contributed by atoms with E-state index in [-0.39, 0.29) is 12.1 Å². The Morgan fingerprint density at radius 1 is 1.03 bits per heavy atom. The molecule has 37 heavy (non-hydrogen) atoms. The maximum Gasteiger partial charge on any atom is 0.229 e. The lowest BCUT2D eigenvalue weighted by Crippen LogP contribution is -2.30. The normalized spacial score (nSPS) is 17.5. The number of nitrogens with zero attached hydrogens (tertiary/aromatic N) is 3. The summed E-state index contributed by atoms with van der Waals surface area (Å²) in [6.07, 6.45) is 4.91. The molecule has 2 aromatic carbocycles. The maximum atomic E-state index is 11.8. The number of benzene rings is 2. The van der Waals surface area contributed by atoms with Crippen molar-refractivity contribution < 1.29 is 13.2 Å². The van der Waals surface area contributed by atoms with E-state index >= 15 is 0 Å². The molecule has 0 radical (unpaired) electrons. The highest BCUT2D eigenvalue weighted by Crippen LogP contribution is 2.44. The van der Waals surface area contributed by atoms with E-state index in [1.807, 2.05) is 41.4 Å². The van der Waals surface area contributed by atoms with E-state index in [0.717, 1.165) is 29.0 Å². The summed E-state index contributed by atoms with van der Waals surface area (Å²) in [6, 6.07) is 23.1. The van der Waals surface area contributed by atoms with Crippen molar-refractivity contribution in [1.29, 1.82) is 0 Å². The van der Waals surface area contributed by atoms with Crippen molar-refractivity contribution in [3.05, 3.63) is 102 Å². The summed E-state index contributed by atoms with van der Waals surface area (Å²) in [7, 11) is -1.97. The number of pyridine rings is 1. The highest BCUT2D eigenvalue weighted by atomic mass is 32.2. The number of aryl methyl sites for hydroxylation is 1. The molecule has 0 amide bonds. The van der Waals surface area contributed by atoms with Gasteiger partial charge in [0.25, 0.3) is 0 Å². The van der Waals surface area contributed by atoms with E-state index in [1.165, 1.54) is 12.7 Å². The van der Waals surface area contributed by atoms with Crippen LogP contribution >= 0.6 is 12.2 Å². The molecule has 0 aliphatic carbocycles. The second-order valence-electron chi connectivity index (χ2n) is 8.89. The zero-order valence-electron chi connectivity index (χ0n) is 20.6. The molecule has 8 nitrogen and oxygen atoms in total.